The van der Waals surface area contributed by atoms with Gasteiger partial charge in [0, 0.05) is 0 Å². The molecular formula is C14H27NO2. The monoisotopic (exact) mass is 241 g/mol. The molecule has 1 aliphatic rings. The van der Waals surface area contributed by atoms with Crippen LogP contribution in [0, 0.1) is 5.41 Å². The second kappa shape index (κ2) is 6.39. The van der Waals surface area contributed by atoms with Gasteiger partial charge in [0.25, 0.3) is 0 Å². The molecule has 0 saturated heterocycles. The van der Waals surface area contributed by atoms with Crippen LogP contribution in [0.1, 0.15) is 65.7 Å². The first-order chi connectivity index (χ1) is 7.88. The Balaban J connectivity index is 2.17. The molecule has 17 heavy (non-hydrogen) atoms. The molecular weight excluding hydrogens is 214 g/mol. The number of carbonyl (C=O) groups is 1. The molecule has 0 amide bonds. The van der Waals surface area contributed by atoms with Crippen LogP contribution >= 0.6 is 0 Å². The van der Waals surface area contributed by atoms with Crippen molar-refractivity contribution >= 4 is 5.97 Å². The number of rotatable bonds is 5. The predicted octanol–water partition coefficient (Wildman–Crippen LogP) is 3.02. The molecule has 0 aromatic rings. The van der Waals surface area contributed by atoms with Gasteiger partial charge in [0.2, 0.25) is 0 Å². The Morgan fingerprint density at radius 1 is 1.35 bits per heavy atom. The van der Waals surface area contributed by atoms with E-state index >= 15 is 0 Å². The molecule has 0 spiro atoms. The predicted molar refractivity (Wildman–Crippen MR) is 69.6 cm³/mol. The molecule has 3 heteroatoms. The molecule has 1 rings (SSSR count). The number of carbonyl (C=O) groups excluding carboxylic acids is 1. The molecule has 1 atom stereocenters. The Morgan fingerprint density at radius 3 is 2.47 bits per heavy atom. The zero-order valence-electron chi connectivity index (χ0n) is 11.5. The van der Waals surface area contributed by atoms with Crippen molar-refractivity contribution in [3.8, 4) is 0 Å². The normalized spacial score (nSPS) is 19.3. The lowest BCUT2D eigenvalue weighted by Crippen LogP contribution is -2.34. The van der Waals surface area contributed by atoms with Gasteiger partial charge in [-0.25, -0.2) is 0 Å². The second-order valence-electron chi connectivity index (χ2n) is 6.40. The maximum Gasteiger partial charge on any atom is 0.323 e. The van der Waals surface area contributed by atoms with E-state index in [9.17, 15) is 4.79 Å². The van der Waals surface area contributed by atoms with Crippen LogP contribution in [0.5, 0.6) is 0 Å². The van der Waals surface area contributed by atoms with Crippen molar-refractivity contribution in [3.05, 3.63) is 0 Å². The van der Waals surface area contributed by atoms with Gasteiger partial charge >= 0.3 is 5.97 Å². The largest absolute Gasteiger partial charge is 0.461 e. The fourth-order valence-corrected chi connectivity index (χ4v) is 2.23. The van der Waals surface area contributed by atoms with Crippen molar-refractivity contribution in [1.29, 1.82) is 0 Å². The van der Waals surface area contributed by atoms with Crippen LogP contribution in [0.2, 0.25) is 0 Å². The van der Waals surface area contributed by atoms with Crippen molar-refractivity contribution in [2.45, 2.75) is 77.9 Å². The lowest BCUT2D eigenvalue weighted by Gasteiger charge is -2.20. The minimum absolute atomic E-state index is 0.135. The van der Waals surface area contributed by atoms with Crippen LogP contribution in [0.15, 0.2) is 0 Å². The number of esters is 1. The Kier molecular flexibility index (Phi) is 5.44. The Bertz CT molecular complexity index is 239. The van der Waals surface area contributed by atoms with E-state index in [1.807, 2.05) is 0 Å². The lowest BCUT2D eigenvalue weighted by atomic mass is 9.89. The summed E-state index contributed by atoms with van der Waals surface area (Å²) < 4.78 is 5.39. The maximum atomic E-state index is 11.7. The smallest absolute Gasteiger partial charge is 0.323 e. The zero-order chi connectivity index (χ0) is 12.9. The molecule has 1 saturated carbocycles. The third kappa shape index (κ3) is 6.06. The van der Waals surface area contributed by atoms with Crippen LogP contribution in [-0.2, 0) is 9.53 Å². The van der Waals surface area contributed by atoms with Gasteiger partial charge in [-0.15, -0.1) is 0 Å². The highest BCUT2D eigenvalue weighted by molar-refractivity contribution is 5.75. The Morgan fingerprint density at radius 2 is 1.94 bits per heavy atom. The summed E-state index contributed by atoms with van der Waals surface area (Å²) in [6.07, 6.45) is 7.34. The summed E-state index contributed by atoms with van der Waals surface area (Å²) in [4.78, 5) is 11.7. The van der Waals surface area contributed by atoms with E-state index in [0.29, 0.717) is 5.41 Å². The quantitative estimate of drug-likeness (QED) is 0.753. The average molecular weight is 241 g/mol. The molecule has 0 aliphatic heterocycles. The number of hydrogen-bond acceptors (Lipinski definition) is 3. The molecule has 0 radical (unpaired) electrons. The van der Waals surface area contributed by atoms with E-state index < -0.39 is 6.04 Å². The third-order valence-electron chi connectivity index (χ3n) is 3.33. The van der Waals surface area contributed by atoms with Crippen molar-refractivity contribution in [1.82, 2.24) is 0 Å². The molecule has 100 valence electrons. The van der Waals surface area contributed by atoms with Crippen molar-refractivity contribution in [2.24, 2.45) is 11.1 Å². The van der Waals surface area contributed by atoms with Crippen LogP contribution in [0.3, 0.4) is 0 Å². The van der Waals surface area contributed by atoms with E-state index in [1.54, 1.807) is 0 Å². The summed E-state index contributed by atoms with van der Waals surface area (Å²) >= 11 is 0. The van der Waals surface area contributed by atoms with Crippen LogP contribution in [0.25, 0.3) is 0 Å². The van der Waals surface area contributed by atoms with Crippen molar-refractivity contribution < 1.29 is 9.53 Å². The summed E-state index contributed by atoms with van der Waals surface area (Å²) in [6.45, 7) is 6.61. The van der Waals surface area contributed by atoms with Gasteiger partial charge in [0.05, 0.1) is 0 Å². The summed E-state index contributed by atoms with van der Waals surface area (Å²) in [5, 5.41) is 0. The molecule has 0 heterocycles. The Labute approximate surface area is 105 Å². The first-order valence-corrected chi connectivity index (χ1v) is 6.84. The lowest BCUT2D eigenvalue weighted by molar-refractivity contribution is -0.150. The fourth-order valence-electron chi connectivity index (χ4n) is 2.23. The SMILES string of the molecule is CC(C)(C)CCC[C@@H](N)C(=O)OC1CCCC1. The molecule has 0 aromatic heterocycles. The first-order valence-electron chi connectivity index (χ1n) is 6.84. The fraction of sp³-hybridized carbons (Fsp3) is 0.929. The van der Waals surface area contributed by atoms with E-state index in [1.165, 1.54) is 12.8 Å². The van der Waals surface area contributed by atoms with Crippen molar-refractivity contribution in [3.63, 3.8) is 0 Å². The van der Waals surface area contributed by atoms with Gasteiger partial charge in [-0.3, -0.25) is 4.79 Å². The van der Waals surface area contributed by atoms with Gasteiger partial charge in [-0.2, -0.15) is 0 Å². The van der Waals surface area contributed by atoms with Crippen molar-refractivity contribution in [2.75, 3.05) is 0 Å². The Hall–Kier alpha value is -0.570. The summed E-state index contributed by atoms with van der Waals surface area (Å²) in [7, 11) is 0. The molecule has 0 aromatic carbocycles. The minimum atomic E-state index is -0.432. The minimum Gasteiger partial charge on any atom is -0.461 e. The van der Waals surface area contributed by atoms with Gasteiger partial charge in [-0.05, 0) is 43.9 Å². The number of hydrogen-bond donors (Lipinski definition) is 1. The number of nitrogens with two attached hydrogens (primary N) is 1. The van der Waals surface area contributed by atoms with E-state index in [2.05, 4.69) is 20.8 Å². The second-order valence-corrected chi connectivity index (χ2v) is 6.40. The van der Waals surface area contributed by atoms with E-state index in [0.717, 1.165) is 32.1 Å². The van der Waals surface area contributed by atoms with Crippen LogP contribution in [-0.4, -0.2) is 18.1 Å². The van der Waals surface area contributed by atoms with Gasteiger partial charge < -0.3 is 10.5 Å². The molecule has 0 bridgehead atoms. The molecule has 0 unspecified atom stereocenters. The van der Waals surface area contributed by atoms with E-state index in [4.69, 9.17) is 10.5 Å². The van der Waals surface area contributed by atoms with Gasteiger partial charge in [0.1, 0.15) is 12.1 Å². The van der Waals surface area contributed by atoms with Crippen LogP contribution < -0.4 is 5.73 Å². The molecule has 1 aliphatic carbocycles. The topological polar surface area (TPSA) is 52.3 Å². The first kappa shape index (κ1) is 14.5. The summed E-state index contributed by atoms with van der Waals surface area (Å²) in [5.41, 5.74) is 6.16. The highest BCUT2D eigenvalue weighted by Crippen LogP contribution is 2.23. The van der Waals surface area contributed by atoms with E-state index in [-0.39, 0.29) is 12.1 Å². The third-order valence-corrected chi connectivity index (χ3v) is 3.33. The summed E-state index contributed by atoms with van der Waals surface area (Å²) in [5.74, 6) is -0.203. The molecule has 1 fully saturated rings. The standard InChI is InChI=1S/C14H27NO2/c1-14(2,3)10-6-9-12(15)13(16)17-11-7-4-5-8-11/h11-12H,4-10,15H2,1-3H3/t12-/m1/s1. The number of ether oxygens (including phenoxy) is 1. The maximum absolute atomic E-state index is 11.7. The highest BCUT2D eigenvalue weighted by atomic mass is 16.5. The average Bonchev–Trinajstić information content (AvgIpc) is 2.68. The van der Waals surface area contributed by atoms with Gasteiger partial charge in [0.15, 0.2) is 0 Å². The zero-order valence-corrected chi connectivity index (χ0v) is 11.5. The molecule has 2 N–H and O–H groups in total. The van der Waals surface area contributed by atoms with Gasteiger partial charge in [-0.1, -0.05) is 27.2 Å². The molecule has 3 nitrogen and oxygen atoms in total. The van der Waals surface area contributed by atoms with Crippen LogP contribution in [0.4, 0.5) is 0 Å². The summed E-state index contributed by atoms with van der Waals surface area (Å²) in [6, 6.07) is -0.432. The highest BCUT2D eigenvalue weighted by Gasteiger charge is 2.23.